The van der Waals surface area contributed by atoms with Crippen LogP contribution < -0.4 is 0 Å². The van der Waals surface area contributed by atoms with Gasteiger partial charge in [0.2, 0.25) is 5.91 Å². The highest BCUT2D eigenvalue weighted by Crippen LogP contribution is 2.40. The highest BCUT2D eigenvalue weighted by Gasteiger charge is 2.42. The first kappa shape index (κ1) is 14.4. The molecule has 1 saturated heterocycles. The standard InChI is InChI=1S/C14H20F3NO/c1-2-10-7-13(19)18(8-10)9-11-3-5-12(6-4-11)14(15,16)17/h2,10-12H,1,3-9H2. The zero-order chi connectivity index (χ0) is 14.0. The van der Waals surface area contributed by atoms with Crippen molar-refractivity contribution in [2.75, 3.05) is 13.1 Å². The van der Waals surface area contributed by atoms with Crippen molar-refractivity contribution in [1.82, 2.24) is 4.90 Å². The van der Waals surface area contributed by atoms with Crippen molar-refractivity contribution in [3.63, 3.8) is 0 Å². The number of hydrogen-bond acceptors (Lipinski definition) is 1. The van der Waals surface area contributed by atoms with Crippen LogP contribution in [-0.4, -0.2) is 30.1 Å². The van der Waals surface area contributed by atoms with Gasteiger partial charge in [-0.2, -0.15) is 13.2 Å². The first-order valence-corrected chi connectivity index (χ1v) is 6.87. The molecule has 1 aliphatic heterocycles. The molecule has 0 aromatic heterocycles. The van der Waals surface area contributed by atoms with Crippen molar-refractivity contribution >= 4 is 5.91 Å². The van der Waals surface area contributed by atoms with Gasteiger partial charge >= 0.3 is 6.18 Å². The molecule has 5 heteroatoms. The molecule has 0 aromatic carbocycles. The van der Waals surface area contributed by atoms with E-state index in [0.717, 1.165) is 0 Å². The molecule has 1 heterocycles. The average molecular weight is 275 g/mol. The fourth-order valence-corrected chi connectivity index (χ4v) is 3.12. The molecule has 2 nitrogen and oxygen atoms in total. The largest absolute Gasteiger partial charge is 0.391 e. The van der Waals surface area contributed by atoms with Crippen molar-refractivity contribution in [3.8, 4) is 0 Å². The van der Waals surface area contributed by atoms with Gasteiger partial charge in [-0.1, -0.05) is 6.08 Å². The van der Waals surface area contributed by atoms with Gasteiger partial charge in [0.1, 0.15) is 0 Å². The zero-order valence-corrected chi connectivity index (χ0v) is 11.0. The van der Waals surface area contributed by atoms with Gasteiger partial charge in [-0.25, -0.2) is 0 Å². The molecule has 19 heavy (non-hydrogen) atoms. The summed E-state index contributed by atoms with van der Waals surface area (Å²) in [5.41, 5.74) is 0. The third-order valence-corrected chi connectivity index (χ3v) is 4.37. The summed E-state index contributed by atoms with van der Waals surface area (Å²) in [6.07, 6.45) is -0.191. The first-order chi connectivity index (χ1) is 8.90. The number of hydrogen-bond donors (Lipinski definition) is 0. The number of amides is 1. The van der Waals surface area contributed by atoms with E-state index in [0.29, 0.717) is 32.4 Å². The Kier molecular flexibility index (Phi) is 4.21. The minimum atomic E-state index is -4.05. The molecule has 1 atom stereocenters. The van der Waals surface area contributed by atoms with Gasteiger partial charge < -0.3 is 4.90 Å². The van der Waals surface area contributed by atoms with Crippen LogP contribution in [0.25, 0.3) is 0 Å². The first-order valence-electron chi connectivity index (χ1n) is 6.87. The van der Waals surface area contributed by atoms with E-state index in [1.165, 1.54) is 0 Å². The minimum absolute atomic E-state index is 0.114. The van der Waals surface area contributed by atoms with Crippen LogP contribution in [0.4, 0.5) is 13.2 Å². The number of carbonyl (C=O) groups is 1. The van der Waals surface area contributed by atoms with Crippen molar-refractivity contribution in [3.05, 3.63) is 12.7 Å². The normalized spacial score (nSPS) is 32.7. The van der Waals surface area contributed by atoms with Crippen LogP contribution in [0.1, 0.15) is 32.1 Å². The summed E-state index contributed by atoms with van der Waals surface area (Å²) in [5.74, 6) is -0.591. The summed E-state index contributed by atoms with van der Waals surface area (Å²) in [4.78, 5) is 13.5. The molecule has 0 N–H and O–H groups in total. The molecule has 0 radical (unpaired) electrons. The summed E-state index contributed by atoms with van der Waals surface area (Å²) >= 11 is 0. The second-order valence-electron chi connectivity index (χ2n) is 5.76. The smallest absolute Gasteiger partial charge is 0.342 e. The number of alkyl halides is 3. The van der Waals surface area contributed by atoms with E-state index < -0.39 is 12.1 Å². The zero-order valence-electron chi connectivity index (χ0n) is 11.0. The van der Waals surface area contributed by atoms with E-state index in [9.17, 15) is 18.0 Å². The summed E-state index contributed by atoms with van der Waals surface area (Å²) in [7, 11) is 0. The number of nitrogens with zero attached hydrogens (tertiary/aromatic N) is 1. The van der Waals surface area contributed by atoms with Crippen LogP contribution in [0, 0.1) is 17.8 Å². The van der Waals surface area contributed by atoms with Crippen LogP contribution in [0.15, 0.2) is 12.7 Å². The monoisotopic (exact) mass is 275 g/mol. The van der Waals surface area contributed by atoms with E-state index >= 15 is 0 Å². The summed E-state index contributed by atoms with van der Waals surface area (Å²) in [6, 6.07) is 0. The van der Waals surface area contributed by atoms with E-state index in [2.05, 4.69) is 6.58 Å². The van der Waals surface area contributed by atoms with Gasteiger partial charge in [-0.15, -0.1) is 6.58 Å². The third kappa shape index (κ3) is 3.51. The molecule has 0 bridgehead atoms. The van der Waals surface area contributed by atoms with Crippen molar-refractivity contribution in [1.29, 1.82) is 0 Å². The van der Waals surface area contributed by atoms with Crippen molar-refractivity contribution in [2.24, 2.45) is 17.8 Å². The lowest BCUT2D eigenvalue weighted by Gasteiger charge is -2.32. The van der Waals surface area contributed by atoms with Gasteiger partial charge in [0.05, 0.1) is 5.92 Å². The Balaban J connectivity index is 1.80. The van der Waals surface area contributed by atoms with Crippen LogP contribution in [0.3, 0.4) is 0 Å². The Bertz CT molecular complexity index is 345. The van der Waals surface area contributed by atoms with E-state index in [1.807, 2.05) is 0 Å². The molecule has 2 fully saturated rings. The topological polar surface area (TPSA) is 20.3 Å². The fraction of sp³-hybridized carbons (Fsp3) is 0.786. The Hall–Kier alpha value is -1.00. The quantitative estimate of drug-likeness (QED) is 0.723. The molecule has 2 aliphatic rings. The second-order valence-corrected chi connectivity index (χ2v) is 5.76. The molecule has 1 unspecified atom stereocenters. The molecular weight excluding hydrogens is 255 g/mol. The number of rotatable bonds is 3. The van der Waals surface area contributed by atoms with Gasteiger partial charge in [0.25, 0.3) is 0 Å². The average Bonchev–Trinajstić information content (AvgIpc) is 2.70. The molecular formula is C14H20F3NO. The molecule has 0 aromatic rings. The van der Waals surface area contributed by atoms with Gasteiger partial charge in [-0.3, -0.25) is 4.79 Å². The van der Waals surface area contributed by atoms with Gasteiger partial charge in [-0.05, 0) is 31.6 Å². The molecule has 0 spiro atoms. The lowest BCUT2D eigenvalue weighted by Crippen LogP contribution is -2.35. The Morgan fingerprint density at radius 2 is 1.89 bits per heavy atom. The predicted molar refractivity (Wildman–Crippen MR) is 66.4 cm³/mol. The lowest BCUT2D eigenvalue weighted by atomic mass is 9.81. The number of likely N-dealkylation sites (tertiary alicyclic amines) is 1. The number of halogens is 3. The summed E-state index contributed by atoms with van der Waals surface area (Å²) in [6.45, 7) is 4.99. The van der Waals surface area contributed by atoms with Crippen LogP contribution in [0.5, 0.6) is 0 Å². The Morgan fingerprint density at radius 3 is 2.37 bits per heavy atom. The van der Waals surface area contributed by atoms with Gasteiger partial charge in [0, 0.05) is 25.4 Å². The van der Waals surface area contributed by atoms with Crippen LogP contribution in [-0.2, 0) is 4.79 Å². The van der Waals surface area contributed by atoms with Crippen LogP contribution >= 0.6 is 0 Å². The highest BCUT2D eigenvalue weighted by molar-refractivity contribution is 5.78. The molecule has 1 saturated carbocycles. The Labute approximate surface area is 111 Å². The second kappa shape index (κ2) is 5.55. The maximum Gasteiger partial charge on any atom is 0.391 e. The summed E-state index contributed by atoms with van der Waals surface area (Å²) in [5, 5.41) is 0. The van der Waals surface area contributed by atoms with Gasteiger partial charge in [0.15, 0.2) is 0 Å². The number of carbonyl (C=O) groups excluding carboxylic acids is 1. The highest BCUT2D eigenvalue weighted by atomic mass is 19.4. The predicted octanol–water partition coefficient (Wildman–Crippen LogP) is 3.39. The molecule has 108 valence electrons. The third-order valence-electron chi connectivity index (χ3n) is 4.37. The Morgan fingerprint density at radius 1 is 1.26 bits per heavy atom. The van der Waals surface area contributed by atoms with Crippen molar-refractivity contribution in [2.45, 2.75) is 38.3 Å². The molecule has 1 amide bonds. The molecule has 2 rings (SSSR count). The fourth-order valence-electron chi connectivity index (χ4n) is 3.12. The van der Waals surface area contributed by atoms with E-state index in [4.69, 9.17) is 0 Å². The minimum Gasteiger partial charge on any atom is -0.342 e. The van der Waals surface area contributed by atoms with Crippen LogP contribution in [0.2, 0.25) is 0 Å². The lowest BCUT2D eigenvalue weighted by molar-refractivity contribution is -0.184. The van der Waals surface area contributed by atoms with E-state index in [-0.39, 0.29) is 30.6 Å². The maximum absolute atomic E-state index is 12.6. The van der Waals surface area contributed by atoms with E-state index in [1.54, 1.807) is 11.0 Å². The van der Waals surface area contributed by atoms with Crippen molar-refractivity contribution < 1.29 is 18.0 Å². The summed E-state index contributed by atoms with van der Waals surface area (Å²) < 4.78 is 37.7. The molecule has 1 aliphatic carbocycles. The SMILES string of the molecule is C=CC1CC(=O)N(CC2CCC(C(F)(F)F)CC2)C1. The maximum atomic E-state index is 12.6.